The molecule has 40 heavy (non-hydrogen) atoms. The molecule has 0 saturated carbocycles. The minimum atomic E-state index is -1.18. The van der Waals surface area contributed by atoms with E-state index in [2.05, 4.69) is 38.6 Å². The topological polar surface area (TPSA) is 231 Å². The lowest BCUT2D eigenvalue weighted by atomic mass is 9.98. The van der Waals surface area contributed by atoms with Crippen LogP contribution in [0.3, 0.4) is 0 Å². The fraction of sp³-hybridized carbons (Fsp3) is 0.500. The third-order valence-corrected chi connectivity index (χ3v) is 7.01. The minimum absolute atomic E-state index is 0.0648. The number of aromatic nitrogens is 1. The van der Waals surface area contributed by atoms with Gasteiger partial charge in [-0.15, -0.1) is 0 Å². The molecule has 13 nitrogen and oxygen atoms in total. The SMILES string of the molecule is CCC(C)C(NC(=O)C(CCCN=C(N)N)NC(=O)C(Cc1c[nH]c2ccccc12)NC(=O)C(N)CS)C(=O)O. The van der Waals surface area contributed by atoms with Gasteiger partial charge in [0.05, 0.1) is 6.04 Å². The summed E-state index contributed by atoms with van der Waals surface area (Å²) in [6, 6.07) is 3.20. The number of carboxylic acids is 1. The lowest BCUT2D eigenvalue weighted by molar-refractivity contribution is -0.144. The molecule has 1 heterocycles. The van der Waals surface area contributed by atoms with Crippen LogP contribution in [0.5, 0.6) is 0 Å². The van der Waals surface area contributed by atoms with Crippen LogP contribution in [0.1, 0.15) is 38.7 Å². The maximum absolute atomic E-state index is 13.6. The Hall–Kier alpha value is -3.78. The molecule has 1 aromatic heterocycles. The van der Waals surface area contributed by atoms with Crippen LogP contribution < -0.4 is 33.2 Å². The van der Waals surface area contributed by atoms with E-state index in [1.165, 1.54) is 0 Å². The zero-order valence-corrected chi connectivity index (χ0v) is 23.6. The molecule has 0 fully saturated rings. The second kappa shape index (κ2) is 15.7. The van der Waals surface area contributed by atoms with Crippen molar-refractivity contribution in [2.45, 2.75) is 63.7 Å². The minimum Gasteiger partial charge on any atom is -0.480 e. The van der Waals surface area contributed by atoms with E-state index in [0.717, 1.165) is 16.5 Å². The molecule has 0 bridgehead atoms. The number of nitrogens with two attached hydrogens (primary N) is 3. The summed E-state index contributed by atoms with van der Waals surface area (Å²) in [6.07, 6.45) is 2.81. The van der Waals surface area contributed by atoms with Gasteiger partial charge in [0.15, 0.2) is 5.96 Å². The zero-order chi connectivity index (χ0) is 29.8. The molecule has 14 heteroatoms. The normalized spacial score (nSPS) is 14.8. The van der Waals surface area contributed by atoms with E-state index in [-0.39, 0.29) is 37.0 Å². The van der Waals surface area contributed by atoms with Crippen molar-refractivity contribution in [1.82, 2.24) is 20.9 Å². The van der Waals surface area contributed by atoms with Gasteiger partial charge in [0.1, 0.15) is 18.1 Å². The summed E-state index contributed by atoms with van der Waals surface area (Å²) in [4.78, 5) is 58.3. The van der Waals surface area contributed by atoms with Crippen molar-refractivity contribution < 1.29 is 24.3 Å². The molecule has 0 spiro atoms. The summed E-state index contributed by atoms with van der Waals surface area (Å²) in [5.74, 6) is -3.47. The Bertz CT molecular complexity index is 1200. The first kappa shape index (κ1) is 32.4. The third-order valence-electron chi connectivity index (χ3n) is 6.62. The number of aromatic amines is 1. The number of nitrogens with one attached hydrogen (secondary N) is 4. The summed E-state index contributed by atoms with van der Waals surface area (Å²) >= 11 is 4.06. The highest BCUT2D eigenvalue weighted by Crippen LogP contribution is 2.19. The lowest BCUT2D eigenvalue weighted by Crippen LogP contribution is -2.58. The molecular weight excluding hydrogens is 536 g/mol. The lowest BCUT2D eigenvalue weighted by Gasteiger charge is -2.26. The summed E-state index contributed by atoms with van der Waals surface area (Å²) in [5, 5.41) is 18.4. The number of fused-ring (bicyclic) bond motifs is 1. The zero-order valence-electron chi connectivity index (χ0n) is 22.7. The maximum atomic E-state index is 13.6. The predicted molar refractivity (Wildman–Crippen MR) is 157 cm³/mol. The summed E-state index contributed by atoms with van der Waals surface area (Å²) in [6.45, 7) is 3.72. The van der Waals surface area contributed by atoms with E-state index in [4.69, 9.17) is 17.2 Å². The number of aliphatic imine (C=N–C) groups is 1. The highest BCUT2D eigenvalue weighted by molar-refractivity contribution is 7.80. The van der Waals surface area contributed by atoms with Crippen LogP contribution in [0.15, 0.2) is 35.5 Å². The number of hydrogen-bond acceptors (Lipinski definition) is 7. The van der Waals surface area contributed by atoms with Crippen LogP contribution in [-0.2, 0) is 25.6 Å². The summed E-state index contributed by atoms with van der Waals surface area (Å²) in [7, 11) is 0. The molecular formula is C26H40N8O5S. The van der Waals surface area contributed by atoms with Gasteiger partial charge in [0, 0.05) is 35.8 Å². The average Bonchev–Trinajstić information content (AvgIpc) is 3.34. The molecule has 2 aromatic rings. The third kappa shape index (κ3) is 9.45. The van der Waals surface area contributed by atoms with Crippen molar-refractivity contribution in [1.29, 1.82) is 0 Å². The first-order chi connectivity index (χ1) is 19.0. The number of H-pyrrole nitrogens is 1. The van der Waals surface area contributed by atoms with Crippen LogP contribution in [-0.4, -0.2) is 76.2 Å². The molecule has 1 aromatic carbocycles. The molecule has 0 aliphatic heterocycles. The van der Waals surface area contributed by atoms with Gasteiger partial charge in [-0.25, -0.2) is 4.79 Å². The van der Waals surface area contributed by atoms with E-state index in [1.54, 1.807) is 13.1 Å². The fourth-order valence-corrected chi connectivity index (χ4v) is 4.24. The number of benzene rings is 1. The van der Waals surface area contributed by atoms with E-state index in [0.29, 0.717) is 12.8 Å². The molecule has 0 aliphatic carbocycles. The number of amides is 3. The number of aliphatic carboxylic acids is 1. The van der Waals surface area contributed by atoms with Gasteiger partial charge in [-0.1, -0.05) is 38.5 Å². The van der Waals surface area contributed by atoms with Crippen molar-refractivity contribution in [2.75, 3.05) is 12.3 Å². The van der Waals surface area contributed by atoms with Crippen LogP contribution in [0, 0.1) is 5.92 Å². The second-order valence-electron chi connectivity index (χ2n) is 9.63. The molecule has 0 saturated heterocycles. The number of para-hydroxylation sites is 1. The molecule has 220 valence electrons. The summed E-state index contributed by atoms with van der Waals surface area (Å²) < 4.78 is 0. The van der Waals surface area contributed by atoms with Crippen molar-refractivity contribution in [3.63, 3.8) is 0 Å². The van der Waals surface area contributed by atoms with Gasteiger partial charge >= 0.3 is 5.97 Å². The van der Waals surface area contributed by atoms with Gasteiger partial charge in [0.2, 0.25) is 17.7 Å². The molecule has 3 amide bonds. The summed E-state index contributed by atoms with van der Waals surface area (Å²) in [5.41, 5.74) is 18.2. The Labute approximate surface area is 238 Å². The number of nitrogens with zero attached hydrogens (tertiary/aromatic N) is 1. The van der Waals surface area contributed by atoms with Crippen LogP contribution in [0.4, 0.5) is 0 Å². The van der Waals surface area contributed by atoms with Crippen LogP contribution in [0.2, 0.25) is 0 Å². The number of thiol groups is 1. The number of guanidine groups is 1. The monoisotopic (exact) mass is 576 g/mol. The highest BCUT2D eigenvalue weighted by Gasteiger charge is 2.32. The van der Waals surface area contributed by atoms with Crippen molar-refractivity contribution in [3.8, 4) is 0 Å². The Morgan fingerprint density at radius 2 is 1.70 bits per heavy atom. The van der Waals surface area contributed by atoms with Crippen molar-refractivity contribution in [3.05, 3.63) is 36.0 Å². The Balaban J connectivity index is 2.31. The largest absolute Gasteiger partial charge is 0.480 e. The van der Waals surface area contributed by atoms with Gasteiger partial charge in [-0.2, -0.15) is 12.6 Å². The van der Waals surface area contributed by atoms with Gasteiger partial charge in [-0.3, -0.25) is 19.4 Å². The molecule has 2 rings (SSSR count). The Morgan fingerprint density at radius 1 is 1.05 bits per heavy atom. The average molecular weight is 577 g/mol. The van der Waals surface area contributed by atoms with Crippen LogP contribution in [0.25, 0.3) is 10.9 Å². The number of carbonyl (C=O) groups excluding carboxylic acids is 3. The van der Waals surface area contributed by atoms with Gasteiger partial charge in [-0.05, 0) is 30.4 Å². The van der Waals surface area contributed by atoms with E-state index in [9.17, 15) is 24.3 Å². The van der Waals surface area contributed by atoms with Crippen molar-refractivity contribution in [2.24, 2.45) is 28.1 Å². The smallest absolute Gasteiger partial charge is 0.326 e. The van der Waals surface area contributed by atoms with Crippen molar-refractivity contribution >= 4 is 53.2 Å². The second-order valence-corrected chi connectivity index (χ2v) is 10.00. The standard InChI is InChI=1S/C26H40N8O5S/c1-3-14(2)21(25(38)39)34-23(36)19(9-6-10-30-26(28)29)32-24(37)20(33-22(35)17(27)13-40)11-15-12-31-18-8-5-4-7-16(15)18/h4-5,7-8,12,14,17,19-21,31,40H,3,6,9-11,13,27H2,1-2H3,(H,32,37)(H,33,35)(H,34,36)(H,38,39)(H4,28,29,30). The highest BCUT2D eigenvalue weighted by atomic mass is 32.1. The van der Waals surface area contributed by atoms with E-state index < -0.39 is 47.9 Å². The van der Waals surface area contributed by atoms with E-state index >= 15 is 0 Å². The quantitative estimate of drug-likeness (QED) is 0.0551. The molecule has 5 unspecified atom stereocenters. The number of carbonyl (C=O) groups is 4. The van der Waals surface area contributed by atoms with Gasteiger partial charge in [0.25, 0.3) is 0 Å². The molecule has 0 radical (unpaired) electrons. The van der Waals surface area contributed by atoms with Gasteiger partial charge < -0.3 is 43.2 Å². The maximum Gasteiger partial charge on any atom is 0.326 e. The van der Waals surface area contributed by atoms with Crippen LogP contribution >= 0.6 is 12.6 Å². The first-order valence-electron chi connectivity index (χ1n) is 13.1. The number of rotatable bonds is 16. The molecule has 11 N–H and O–H groups in total. The van der Waals surface area contributed by atoms with E-state index in [1.807, 2.05) is 31.2 Å². The first-order valence-corrected chi connectivity index (χ1v) is 13.7. The molecule has 0 aliphatic rings. The fourth-order valence-electron chi connectivity index (χ4n) is 4.07. The number of carboxylic acid groups (broad SMARTS) is 1. The number of hydrogen-bond donors (Lipinski definition) is 9. The predicted octanol–water partition coefficient (Wildman–Crippen LogP) is -0.394. The Morgan fingerprint density at radius 3 is 2.33 bits per heavy atom. The molecule has 5 atom stereocenters. The Kier molecular flexibility index (Phi) is 12.7.